The Morgan fingerprint density at radius 2 is 1.82 bits per heavy atom. The lowest BCUT2D eigenvalue weighted by Gasteiger charge is -2.09. The molecule has 2 aromatic rings. The molecule has 22 heavy (non-hydrogen) atoms. The number of nitrogens with one attached hydrogen (secondary N) is 1. The van der Waals surface area contributed by atoms with E-state index in [0.717, 1.165) is 5.56 Å². The van der Waals surface area contributed by atoms with Crippen LogP contribution in [0.15, 0.2) is 42.5 Å². The molecule has 5 heteroatoms. The van der Waals surface area contributed by atoms with Gasteiger partial charge in [0.1, 0.15) is 11.6 Å². The van der Waals surface area contributed by atoms with Crippen LogP contribution in [0.5, 0.6) is 5.75 Å². The zero-order valence-electron chi connectivity index (χ0n) is 12.4. The molecule has 114 valence electrons. The van der Waals surface area contributed by atoms with Gasteiger partial charge in [0.05, 0.1) is 5.69 Å². The Labute approximate surface area is 127 Å². The molecule has 0 atom stereocenters. The zero-order valence-corrected chi connectivity index (χ0v) is 12.4. The number of amides is 1. The lowest BCUT2D eigenvalue weighted by atomic mass is 10.1. The van der Waals surface area contributed by atoms with Gasteiger partial charge in [-0.25, -0.2) is 4.39 Å². The van der Waals surface area contributed by atoms with Crippen molar-refractivity contribution in [2.75, 3.05) is 11.9 Å². The van der Waals surface area contributed by atoms with E-state index >= 15 is 0 Å². The molecule has 4 nitrogen and oxygen atoms in total. The molecular weight excluding hydrogens is 285 g/mol. The summed E-state index contributed by atoms with van der Waals surface area (Å²) in [6, 6.07) is 11.0. The number of anilines is 1. The van der Waals surface area contributed by atoms with Crippen LogP contribution >= 0.6 is 0 Å². The number of Topliss-reactive ketones (excluding diaryl/α,β-unsaturated/α-hetero) is 1. The van der Waals surface area contributed by atoms with Crippen molar-refractivity contribution in [2.24, 2.45) is 0 Å². The van der Waals surface area contributed by atoms with Crippen LogP contribution in [0, 0.1) is 12.7 Å². The fourth-order valence-corrected chi connectivity index (χ4v) is 1.84. The molecule has 0 heterocycles. The predicted octanol–water partition coefficient (Wildman–Crippen LogP) is 3.35. The van der Waals surface area contributed by atoms with Crippen LogP contribution in [0.3, 0.4) is 0 Å². The maximum atomic E-state index is 13.6. The molecule has 0 aliphatic carbocycles. The summed E-state index contributed by atoms with van der Waals surface area (Å²) in [6.07, 6.45) is 0. The molecule has 0 spiro atoms. The first-order chi connectivity index (χ1) is 10.5. The SMILES string of the molecule is CC(=O)c1ccc(OCC(=O)Nc2ccc(C)cc2F)cc1. The van der Waals surface area contributed by atoms with Crippen molar-refractivity contribution < 1.29 is 18.7 Å². The Kier molecular flexibility index (Phi) is 4.88. The third-order valence-electron chi connectivity index (χ3n) is 3.03. The van der Waals surface area contributed by atoms with E-state index in [-0.39, 0.29) is 18.1 Å². The summed E-state index contributed by atoms with van der Waals surface area (Å²) < 4.78 is 18.9. The number of benzene rings is 2. The predicted molar refractivity (Wildman–Crippen MR) is 81.7 cm³/mol. The first-order valence-corrected chi connectivity index (χ1v) is 6.75. The van der Waals surface area contributed by atoms with Crippen LogP contribution in [0.25, 0.3) is 0 Å². The largest absolute Gasteiger partial charge is 0.484 e. The van der Waals surface area contributed by atoms with Gasteiger partial charge < -0.3 is 10.1 Å². The summed E-state index contributed by atoms with van der Waals surface area (Å²) >= 11 is 0. The smallest absolute Gasteiger partial charge is 0.262 e. The second-order valence-electron chi connectivity index (χ2n) is 4.90. The maximum absolute atomic E-state index is 13.6. The number of aryl methyl sites for hydroxylation is 1. The maximum Gasteiger partial charge on any atom is 0.262 e. The number of carbonyl (C=O) groups excluding carboxylic acids is 2. The molecule has 1 amide bonds. The highest BCUT2D eigenvalue weighted by atomic mass is 19.1. The van der Waals surface area contributed by atoms with Gasteiger partial charge in [0.25, 0.3) is 5.91 Å². The fraction of sp³-hybridized carbons (Fsp3) is 0.176. The molecule has 0 radical (unpaired) electrons. The summed E-state index contributed by atoms with van der Waals surface area (Å²) in [5, 5.41) is 2.44. The topological polar surface area (TPSA) is 55.4 Å². The molecule has 0 aliphatic rings. The Morgan fingerprint density at radius 1 is 1.14 bits per heavy atom. The molecule has 0 saturated carbocycles. The first-order valence-electron chi connectivity index (χ1n) is 6.75. The van der Waals surface area contributed by atoms with Crippen molar-refractivity contribution in [1.29, 1.82) is 0 Å². The van der Waals surface area contributed by atoms with Crippen LogP contribution < -0.4 is 10.1 Å². The molecule has 2 rings (SSSR count). The van der Waals surface area contributed by atoms with E-state index in [1.54, 1.807) is 37.3 Å². The van der Waals surface area contributed by atoms with Crippen molar-refractivity contribution >= 4 is 17.4 Å². The normalized spacial score (nSPS) is 10.1. The minimum atomic E-state index is -0.487. The van der Waals surface area contributed by atoms with E-state index in [4.69, 9.17) is 4.74 Å². The number of carbonyl (C=O) groups is 2. The number of ketones is 1. The molecule has 0 aliphatic heterocycles. The van der Waals surface area contributed by atoms with Gasteiger partial charge in [0.15, 0.2) is 12.4 Å². The Balaban J connectivity index is 1.91. The number of rotatable bonds is 5. The number of halogens is 1. The lowest BCUT2D eigenvalue weighted by molar-refractivity contribution is -0.118. The number of hydrogen-bond acceptors (Lipinski definition) is 3. The third-order valence-corrected chi connectivity index (χ3v) is 3.03. The minimum Gasteiger partial charge on any atom is -0.484 e. The number of ether oxygens (including phenoxy) is 1. The second kappa shape index (κ2) is 6.85. The first kappa shape index (κ1) is 15.7. The summed E-state index contributed by atoms with van der Waals surface area (Å²) in [5.41, 5.74) is 1.46. The molecule has 0 aromatic heterocycles. The summed E-state index contributed by atoms with van der Waals surface area (Å²) in [4.78, 5) is 22.9. The average molecular weight is 301 g/mol. The van der Waals surface area contributed by atoms with Gasteiger partial charge in [-0.2, -0.15) is 0 Å². The lowest BCUT2D eigenvalue weighted by Crippen LogP contribution is -2.20. The van der Waals surface area contributed by atoms with Crippen LogP contribution in [0.2, 0.25) is 0 Å². The quantitative estimate of drug-likeness (QED) is 0.862. The van der Waals surface area contributed by atoms with E-state index in [0.29, 0.717) is 11.3 Å². The average Bonchev–Trinajstić information content (AvgIpc) is 2.48. The molecule has 0 bridgehead atoms. The van der Waals surface area contributed by atoms with Crippen LogP contribution in [-0.4, -0.2) is 18.3 Å². The highest BCUT2D eigenvalue weighted by Crippen LogP contribution is 2.16. The van der Waals surface area contributed by atoms with Gasteiger partial charge in [0, 0.05) is 5.56 Å². The molecule has 1 N–H and O–H groups in total. The molecule has 2 aromatic carbocycles. The second-order valence-corrected chi connectivity index (χ2v) is 4.90. The van der Waals surface area contributed by atoms with Crippen molar-refractivity contribution in [3.05, 3.63) is 59.4 Å². The van der Waals surface area contributed by atoms with Crippen molar-refractivity contribution in [2.45, 2.75) is 13.8 Å². The highest BCUT2D eigenvalue weighted by molar-refractivity contribution is 5.94. The van der Waals surface area contributed by atoms with E-state index in [2.05, 4.69) is 5.32 Å². The fourth-order valence-electron chi connectivity index (χ4n) is 1.84. The van der Waals surface area contributed by atoms with E-state index in [1.165, 1.54) is 19.1 Å². The van der Waals surface area contributed by atoms with E-state index < -0.39 is 11.7 Å². The molecule has 0 saturated heterocycles. The summed E-state index contributed by atoms with van der Waals surface area (Å²) in [5.74, 6) is -0.527. The van der Waals surface area contributed by atoms with Crippen molar-refractivity contribution in [1.82, 2.24) is 0 Å². The van der Waals surface area contributed by atoms with Gasteiger partial charge in [0.2, 0.25) is 0 Å². The van der Waals surface area contributed by atoms with Gasteiger partial charge in [-0.1, -0.05) is 6.07 Å². The Hall–Kier alpha value is -2.69. The monoisotopic (exact) mass is 301 g/mol. The van der Waals surface area contributed by atoms with Gasteiger partial charge in [-0.05, 0) is 55.8 Å². The summed E-state index contributed by atoms with van der Waals surface area (Å²) in [7, 11) is 0. The minimum absolute atomic E-state index is 0.0425. The Morgan fingerprint density at radius 3 is 2.41 bits per heavy atom. The summed E-state index contributed by atoms with van der Waals surface area (Å²) in [6.45, 7) is 2.99. The van der Waals surface area contributed by atoms with Gasteiger partial charge in [-0.15, -0.1) is 0 Å². The standard InChI is InChI=1S/C17H16FNO3/c1-11-3-8-16(15(18)9-11)19-17(21)10-22-14-6-4-13(5-7-14)12(2)20/h3-9H,10H2,1-2H3,(H,19,21). The third kappa shape index (κ3) is 4.15. The van der Waals surface area contributed by atoms with Gasteiger partial charge >= 0.3 is 0 Å². The Bertz CT molecular complexity index is 696. The van der Waals surface area contributed by atoms with Crippen molar-refractivity contribution in [3.8, 4) is 5.75 Å². The van der Waals surface area contributed by atoms with Crippen molar-refractivity contribution in [3.63, 3.8) is 0 Å². The van der Waals surface area contributed by atoms with E-state index in [9.17, 15) is 14.0 Å². The van der Waals surface area contributed by atoms with E-state index in [1.807, 2.05) is 0 Å². The highest BCUT2D eigenvalue weighted by Gasteiger charge is 2.08. The van der Waals surface area contributed by atoms with Crippen LogP contribution in [0.4, 0.5) is 10.1 Å². The van der Waals surface area contributed by atoms with Crippen LogP contribution in [0.1, 0.15) is 22.8 Å². The number of hydrogen-bond donors (Lipinski definition) is 1. The molecular formula is C17H16FNO3. The molecule has 0 unspecified atom stereocenters. The van der Waals surface area contributed by atoms with Crippen LogP contribution in [-0.2, 0) is 4.79 Å². The zero-order chi connectivity index (χ0) is 16.1. The van der Waals surface area contributed by atoms with Gasteiger partial charge in [-0.3, -0.25) is 9.59 Å². The molecule has 0 fully saturated rings.